The van der Waals surface area contributed by atoms with Gasteiger partial charge in [-0.2, -0.15) is 0 Å². The van der Waals surface area contributed by atoms with E-state index in [0.717, 1.165) is 4.90 Å². The second-order valence-electron chi connectivity index (χ2n) is 5.43. The molecular formula is C11H18FNO4. The van der Waals surface area contributed by atoms with Gasteiger partial charge in [0.1, 0.15) is 5.60 Å². The van der Waals surface area contributed by atoms with Gasteiger partial charge in [0.15, 0.2) is 0 Å². The van der Waals surface area contributed by atoms with Crippen LogP contribution in [0.1, 0.15) is 27.7 Å². The third-order valence-electron chi connectivity index (χ3n) is 2.70. The Morgan fingerprint density at radius 1 is 1.47 bits per heavy atom. The van der Waals surface area contributed by atoms with Crippen LogP contribution in [0.3, 0.4) is 0 Å². The number of rotatable bonds is 1. The van der Waals surface area contributed by atoms with E-state index < -0.39 is 35.8 Å². The van der Waals surface area contributed by atoms with Crippen LogP contribution >= 0.6 is 0 Å². The number of alkyl halides is 1. The lowest BCUT2D eigenvalue weighted by atomic mass is 9.95. The van der Waals surface area contributed by atoms with Crippen LogP contribution in [0.2, 0.25) is 0 Å². The molecule has 0 aromatic heterocycles. The van der Waals surface area contributed by atoms with Crippen LogP contribution in [0.4, 0.5) is 9.18 Å². The standard InChI is InChI=1S/C11H18FNO4/c1-7-5-13(6-11(7,12)8(14)15)9(16)17-10(2,3)4/h7H,5-6H2,1-4H3,(H,14,15)/t7-,11+/m0/s1. The number of ether oxygens (including phenoxy) is 1. The molecule has 0 radical (unpaired) electrons. The molecule has 0 aliphatic carbocycles. The Hall–Kier alpha value is -1.33. The highest BCUT2D eigenvalue weighted by Gasteiger charge is 2.53. The Kier molecular flexibility index (Phi) is 3.36. The quantitative estimate of drug-likeness (QED) is 0.765. The Labute approximate surface area is 99.5 Å². The number of nitrogens with zero attached hydrogens (tertiary/aromatic N) is 1. The number of carboxylic acids is 1. The van der Waals surface area contributed by atoms with Crippen molar-refractivity contribution in [2.75, 3.05) is 13.1 Å². The van der Waals surface area contributed by atoms with Crippen LogP contribution in [-0.4, -0.2) is 46.4 Å². The summed E-state index contributed by atoms with van der Waals surface area (Å²) in [5, 5.41) is 8.82. The summed E-state index contributed by atoms with van der Waals surface area (Å²) >= 11 is 0. The molecule has 1 fully saturated rings. The summed E-state index contributed by atoms with van der Waals surface area (Å²) in [6.45, 7) is 6.16. The van der Waals surface area contributed by atoms with Crippen LogP contribution in [0.15, 0.2) is 0 Å². The summed E-state index contributed by atoms with van der Waals surface area (Å²) in [7, 11) is 0. The summed E-state index contributed by atoms with van der Waals surface area (Å²) in [5.74, 6) is -2.27. The van der Waals surface area contributed by atoms with Crippen molar-refractivity contribution < 1.29 is 23.8 Å². The average molecular weight is 247 g/mol. The summed E-state index contributed by atoms with van der Waals surface area (Å²) in [4.78, 5) is 23.6. The van der Waals surface area contributed by atoms with Crippen molar-refractivity contribution in [2.45, 2.75) is 39.0 Å². The molecule has 1 saturated heterocycles. The van der Waals surface area contributed by atoms with Crippen LogP contribution in [0.25, 0.3) is 0 Å². The zero-order valence-electron chi connectivity index (χ0n) is 10.5. The molecule has 1 heterocycles. The maximum Gasteiger partial charge on any atom is 0.410 e. The number of carbonyl (C=O) groups is 2. The molecule has 1 amide bonds. The molecule has 1 rings (SSSR count). The van der Waals surface area contributed by atoms with Gasteiger partial charge in [0.25, 0.3) is 0 Å². The first-order valence-electron chi connectivity index (χ1n) is 5.46. The van der Waals surface area contributed by atoms with Gasteiger partial charge < -0.3 is 14.7 Å². The Bertz CT molecular complexity index is 339. The van der Waals surface area contributed by atoms with Gasteiger partial charge in [0.05, 0.1) is 6.54 Å². The highest BCUT2D eigenvalue weighted by Crippen LogP contribution is 2.32. The van der Waals surface area contributed by atoms with E-state index in [1.807, 2.05) is 0 Å². The first kappa shape index (κ1) is 13.7. The van der Waals surface area contributed by atoms with Gasteiger partial charge >= 0.3 is 12.1 Å². The smallest absolute Gasteiger partial charge is 0.410 e. The van der Waals surface area contributed by atoms with Gasteiger partial charge in [-0.05, 0) is 20.8 Å². The lowest BCUT2D eigenvalue weighted by Crippen LogP contribution is -2.42. The number of carbonyl (C=O) groups excluding carboxylic acids is 1. The highest BCUT2D eigenvalue weighted by molar-refractivity contribution is 5.80. The number of amides is 1. The maximum atomic E-state index is 14.0. The first-order chi connectivity index (χ1) is 7.56. The van der Waals surface area contributed by atoms with Gasteiger partial charge in [-0.1, -0.05) is 6.92 Å². The molecule has 0 aromatic carbocycles. The summed E-state index contributed by atoms with van der Waals surface area (Å²) in [5.41, 5.74) is -3.05. The molecule has 17 heavy (non-hydrogen) atoms. The van der Waals surface area contributed by atoms with E-state index in [0.29, 0.717) is 0 Å². The van der Waals surface area contributed by atoms with E-state index >= 15 is 0 Å². The van der Waals surface area contributed by atoms with Crippen molar-refractivity contribution in [2.24, 2.45) is 5.92 Å². The lowest BCUT2D eigenvalue weighted by Gasteiger charge is -2.24. The molecule has 0 saturated carbocycles. The molecule has 98 valence electrons. The normalized spacial score (nSPS) is 29.2. The van der Waals surface area contributed by atoms with E-state index in [1.54, 1.807) is 20.8 Å². The molecule has 1 aliphatic rings. The number of likely N-dealkylation sites (tertiary alicyclic amines) is 1. The van der Waals surface area contributed by atoms with E-state index in [1.165, 1.54) is 6.92 Å². The van der Waals surface area contributed by atoms with Gasteiger partial charge in [-0.25, -0.2) is 14.0 Å². The molecule has 2 atom stereocenters. The highest BCUT2D eigenvalue weighted by atomic mass is 19.1. The fourth-order valence-corrected chi connectivity index (χ4v) is 1.72. The summed E-state index contributed by atoms with van der Waals surface area (Å²) in [6.07, 6.45) is -0.676. The van der Waals surface area contributed by atoms with Crippen LogP contribution in [0.5, 0.6) is 0 Å². The van der Waals surface area contributed by atoms with E-state index in [9.17, 15) is 14.0 Å². The van der Waals surface area contributed by atoms with Crippen molar-refractivity contribution >= 4 is 12.1 Å². The molecule has 0 spiro atoms. The van der Waals surface area contributed by atoms with Crippen LogP contribution in [-0.2, 0) is 9.53 Å². The van der Waals surface area contributed by atoms with Gasteiger partial charge in [-0.3, -0.25) is 0 Å². The van der Waals surface area contributed by atoms with Crippen molar-refractivity contribution in [1.29, 1.82) is 0 Å². The second-order valence-corrected chi connectivity index (χ2v) is 5.43. The monoisotopic (exact) mass is 247 g/mol. The lowest BCUT2D eigenvalue weighted by molar-refractivity contribution is -0.152. The number of carboxylic acid groups (broad SMARTS) is 1. The molecule has 0 aromatic rings. The molecule has 1 aliphatic heterocycles. The van der Waals surface area contributed by atoms with Crippen molar-refractivity contribution in [3.8, 4) is 0 Å². The molecule has 0 bridgehead atoms. The Balaban J connectivity index is 2.73. The molecule has 5 nitrogen and oxygen atoms in total. The number of hydrogen-bond donors (Lipinski definition) is 1. The predicted octanol–water partition coefficient (Wildman–Crippen LogP) is 1.67. The SMILES string of the molecule is C[C@H]1CN(C(=O)OC(C)(C)C)C[C@]1(F)C(=O)O. The third-order valence-corrected chi connectivity index (χ3v) is 2.70. The van der Waals surface area contributed by atoms with Gasteiger partial charge in [0, 0.05) is 12.5 Å². The van der Waals surface area contributed by atoms with Crippen molar-refractivity contribution in [3.05, 3.63) is 0 Å². The Morgan fingerprint density at radius 2 is 2.00 bits per heavy atom. The minimum atomic E-state index is -2.38. The fraction of sp³-hybridized carbons (Fsp3) is 0.818. The minimum absolute atomic E-state index is 0.0533. The molecule has 0 unspecified atom stereocenters. The van der Waals surface area contributed by atoms with E-state index in [4.69, 9.17) is 9.84 Å². The largest absolute Gasteiger partial charge is 0.479 e. The minimum Gasteiger partial charge on any atom is -0.479 e. The topological polar surface area (TPSA) is 66.8 Å². The number of hydrogen-bond acceptors (Lipinski definition) is 3. The second kappa shape index (κ2) is 4.16. The zero-order valence-corrected chi connectivity index (χ0v) is 10.5. The Morgan fingerprint density at radius 3 is 2.35 bits per heavy atom. The molecule has 1 N–H and O–H groups in total. The zero-order chi connectivity index (χ0) is 13.4. The summed E-state index contributed by atoms with van der Waals surface area (Å²) in [6, 6.07) is 0. The van der Waals surface area contributed by atoms with E-state index in [2.05, 4.69) is 0 Å². The number of halogens is 1. The average Bonchev–Trinajstić information content (AvgIpc) is 2.42. The molecular weight excluding hydrogens is 229 g/mol. The van der Waals surface area contributed by atoms with Crippen LogP contribution in [0, 0.1) is 5.92 Å². The van der Waals surface area contributed by atoms with Gasteiger partial charge in [0.2, 0.25) is 5.67 Å². The molecule has 6 heteroatoms. The van der Waals surface area contributed by atoms with Gasteiger partial charge in [-0.15, -0.1) is 0 Å². The first-order valence-corrected chi connectivity index (χ1v) is 5.46. The van der Waals surface area contributed by atoms with Crippen LogP contribution < -0.4 is 0 Å². The third kappa shape index (κ3) is 2.87. The maximum absolute atomic E-state index is 14.0. The van der Waals surface area contributed by atoms with Crippen molar-refractivity contribution in [3.63, 3.8) is 0 Å². The summed E-state index contributed by atoms with van der Waals surface area (Å²) < 4.78 is 19.1. The van der Waals surface area contributed by atoms with E-state index in [-0.39, 0.29) is 6.54 Å². The predicted molar refractivity (Wildman–Crippen MR) is 58.4 cm³/mol. The van der Waals surface area contributed by atoms with Crippen molar-refractivity contribution in [1.82, 2.24) is 4.90 Å². The fourth-order valence-electron chi connectivity index (χ4n) is 1.72. The number of aliphatic carboxylic acids is 1.